The number of carbonyl (C=O) groups is 2. The number of halogens is 1. The predicted octanol–water partition coefficient (Wildman–Crippen LogP) is 2.32. The summed E-state index contributed by atoms with van der Waals surface area (Å²) in [4.78, 5) is 24.0. The maximum Gasteiger partial charge on any atom is 0.230 e. The maximum atomic E-state index is 12.8. The molecule has 0 fully saturated rings. The van der Waals surface area contributed by atoms with Crippen LogP contribution in [0.3, 0.4) is 0 Å². The van der Waals surface area contributed by atoms with Crippen LogP contribution in [0, 0.1) is 5.82 Å². The lowest BCUT2D eigenvalue weighted by molar-refractivity contribution is -0.135. The molecule has 1 atom stereocenters. The Kier molecular flexibility index (Phi) is 4.37. The number of nitrogens with zero attached hydrogens (tertiary/aromatic N) is 1. The van der Waals surface area contributed by atoms with Gasteiger partial charge in [0.25, 0.3) is 0 Å². The highest BCUT2D eigenvalue weighted by Gasteiger charge is 2.18. The molecule has 0 aliphatic rings. The largest absolute Gasteiger partial charge is 0.339 e. The van der Waals surface area contributed by atoms with E-state index in [1.165, 1.54) is 24.0 Å². The third kappa shape index (κ3) is 3.66. The summed E-state index contributed by atoms with van der Waals surface area (Å²) in [5.41, 5.74) is 0.839. The minimum atomic E-state index is -0.307. The summed E-state index contributed by atoms with van der Waals surface area (Å²) in [5, 5.41) is 0. The molecule has 0 N–H and O–H groups in total. The third-order valence-electron chi connectivity index (χ3n) is 2.73. The molecule has 3 nitrogen and oxygen atoms in total. The zero-order valence-electron chi connectivity index (χ0n) is 10.2. The second kappa shape index (κ2) is 5.57. The van der Waals surface area contributed by atoms with Crippen LogP contribution >= 0.6 is 0 Å². The van der Waals surface area contributed by atoms with E-state index in [-0.39, 0.29) is 30.0 Å². The lowest BCUT2D eigenvalue weighted by Gasteiger charge is -2.25. The van der Waals surface area contributed by atoms with Crippen molar-refractivity contribution in [1.29, 1.82) is 0 Å². The van der Waals surface area contributed by atoms with Crippen LogP contribution in [-0.4, -0.2) is 23.6 Å². The summed E-state index contributed by atoms with van der Waals surface area (Å²) in [6.45, 7) is 3.22. The molecule has 17 heavy (non-hydrogen) atoms. The van der Waals surface area contributed by atoms with Gasteiger partial charge in [0.05, 0.1) is 12.5 Å². The van der Waals surface area contributed by atoms with Crippen LogP contribution < -0.4 is 0 Å². The zero-order chi connectivity index (χ0) is 13.0. The number of carbonyl (C=O) groups excluding carboxylic acids is 2. The molecule has 1 rings (SSSR count). The molecule has 1 aromatic carbocycles. The van der Waals surface area contributed by atoms with Crippen molar-refractivity contribution in [3.8, 4) is 0 Å². The Bertz CT molecular complexity index is 414. The molecule has 0 saturated heterocycles. The van der Waals surface area contributed by atoms with E-state index in [2.05, 4.69) is 0 Å². The van der Waals surface area contributed by atoms with Crippen molar-refractivity contribution in [2.24, 2.45) is 0 Å². The van der Waals surface area contributed by atoms with Crippen LogP contribution in [0.15, 0.2) is 24.3 Å². The van der Waals surface area contributed by atoms with E-state index < -0.39 is 0 Å². The van der Waals surface area contributed by atoms with Gasteiger partial charge >= 0.3 is 0 Å². The van der Waals surface area contributed by atoms with Crippen molar-refractivity contribution in [2.45, 2.75) is 26.3 Å². The fourth-order valence-corrected chi connectivity index (χ4v) is 1.52. The topological polar surface area (TPSA) is 37.4 Å². The van der Waals surface area contributed by atoms with Crippen molar-refractivity contribution in [2.75, 3.05) is 7.05 Å². The van der Waals surface area contributed by atoms with Gasteiger partial charge in [-0.15, -0.1) is 0 Å². The average Bonchev–Trinajstić information content (AvgIpc) is 2.27. The Labute approximate surface area is 100 Å². The van der Waals surface area contributed by atoms with E-state index in [1.807, 2.05) is 6.92 Å². The minimum absolute atomic E-state index is 0.0952. The summed E-state index contributed by atoms with van der Waals surface area (Å²) in [5.74, 6) is -0.693. The zero-order valence-corrected chi connectivity index (χ0v) is 10.2. The SMILES string of the molecule is CC(=O)CC(=O)N(C)C(C)c1ccc(F)cc1. The molecule has 0 saturated carbocycles. The quantitative estimate of drug-likeness (QED) is 0.754. The van der Waals surface area contributed by atoms with E-state index in [1.54, 1.807) is 19.2 Å². The molecular weight excluding hydrogens is 221 g/mol. The Morgan fingerprint density at radius 3 is 2.29 bits per heavy atom. The second-order valence-electron chi connectivity index (χ2n) is 4.11. The van der Waals surface area contributed by atoms with Gasteiger partial charge in [-0.05, 0) is 31.5 Å². The first-order valence-electron chi connectivity index (χ1n) is 5.42. The Hall–Kier alpha value is -1.71. The van der Waals surface area contributed by atoms with Gasteiger partial charge in [0.1, 0.15) is 11.6 Å². The van der Waals surface area contributed by atoms with E-state index >= 15 is 0 Å². The van der Waals surface area contributed by atoms with Crippen LogP contribution in [0.5, 0.6) is 0 Å². The summed E-state index contributed by atoms with van der Waals surface area (Å²) in [6.07, 6.45) is -0.0952. The van der Waals surface area contributed by atoms with Crippen molar-refractivity contribution < 1.29 is 14.0 Å². The van der Waals surface area contributed by atoms with Crippen LogP contribution in [0.4, 0.5) is 4.39 Å². The van der Waals surface area contributed by atoms with Gasteiger partial charge in [0.15, 0.2) is 0 Å². The number of benzene rings is 1. The lowest BCUT2D eigenvalue weighted by atomic mass is 10.1. The molecule has 0 aliphatic heterocycles. The van der Waals surface area contributed by atoms with E-state index in [0.29, 0.717) is 0 Å². The molecular formula is C13H16FNO2. The summed E-state index contributed by atoms with van der Waals surface area (Å²) < 4.78 is 12.8. The van der Waals surface area contributed by atoms with Gasteiger partial charge in [-0.2, -0.15) is 0 Å². The normalized spacial score (nSPS) is 12.0. The summed E-state index contributed by atoms with van der Waals surface area (Å²) in [6, 6.07) is 5.81. The van der Waals surface area contributed by atoms with Crippen molar-refractivity contribution in [1.82, 2.24) is 4.90 Å². The smallest absolute Gasteiger partial charge is 0.230 e. The van der Waals surface area contributed by atoms with Crippen molar-refractivity contribution in [3.05, 3.63) is 35.6 Å². The van der Waals surface area contributed by atoms with Gasteiger partial charge in [-0.25, -0.2) is 4.39 Å². The highest BCUT2D eigenvalue weighted by Crippen LogP contribution is 2.19. The first kappa shape index (κ1) is 13.4. The molecule has 1 amide bonds. The summed E-state index contributed by atoms with van der Waals surface area (Å²) in [7, 11) is 1.64. The van der Waals surface area contributed by atoms with Crippen molar-refractivity contribution >= 4 is 11.7 Å². The first-order valence-corrected chi connectivity index (χ1v) is 5.42. The molecule has 0 aromatic heterocycles. The molecule has 1 aromatic rings. The fourth-order valence-electron chi connectivity index (χ4n) is 1.52. The first-order chi connectivity index (χ1) is 7.91. The highest BCUT2D eigenvalue weighted by atomic mass is 19.1. The number of hydrogen-bond acceptors (Lipinski definition) is 2. The summed E-state index contributed by atoms with van der Waals surface area (Å²) >= 11 is 0. The average molecular weight is 237 g/mol. The second-order valence-corrected chi connectivity index (χ2v) is 4.11. The van der Waals surface area contributed by atoms with Crippen molar-refractivity contribution in [3.63, 3.8) is 0 Å². The molecule has 0 radical (unpaired) electrons. The van der Waals surface area contributed by atoms with Crippen LogP contribution in [0.25, 0.3) is 0 Å². The number of hydrogen-bond donors (Lipinski definition) is 0. The third-order valence-corrected chi connectivity index (χ3v) is 2.73. The molecule has 4 heteroatoms. The van der Waals surface area contributed by atoms with Crippen LogP contribution in [0.1, 0.15) is 31.9 Å². The molecule has 0 aliphatic carbocycles. The minimum Gasteiger partial charge on any atom is -0.339 e. The van der Waals surface area contributed by atoms with Gasteiger partial charge < -0.3 is 4.90 Å². The maximum absolute atomic E-state index is 12.8. The van der Waals surface area contributed by atoms with E-state index in [0.717, 1.165) is 5.56 Å². The monoisotopic (exact) mass is 237 g/mol. The molecule has 0 heterocycles. The number of rotatable bonds is 4. The van der Waals surface area contributed by atoms with E-state index in [9.17, 15) is 14.0 Å². The molecule has 0 bridgehead atoms. The van der Waals surface area contributed by atoms with Gasteiger partial charge in [0.2, 0.25) is 5.91 Å². The highest BCUT2D eigenvalue weighted by molar-refractivity contribution is 5.96. The molecule has 92 valence electrons. The van der Waals surface area contributed by atoms with Crippen LogP contribution in [-0.2, 0) is 9.59 Å². The number of amides is 1. The number of Topliss-reactive ketones (excluding diaryl/α,β-unsaturated/α-hetero) is 1. The Morgan fingerprint density at radius 1 is 1.29 bits per heavy atom. The number of ketones is 1. The fraction of sp³-hybridized carbons (Fsp3) is 0.385. The lowest BCUT2D eigenvalue weighted by Crippen LogP contribution is -2.30. The van der Waals surface area contributed by atoms with Crippen LogP contribution in [0.2, 0.25) is 0 Å². The van der Waals surface area contributed by atoms with Gasteiger partial charge in [-0.3, -0.25) is 9.59 Å². The molecule has 0 spiro atoms. The van der Waals surface area contributed by atoms with Gasteiger partial charge in [-0.1, -0.05) is 12.1 Å². The van der Waals surface area contributed by atoms with E-state index in [4.69, 9.17) is 0 Å². The molecule has 1 unspecified atom stereocenters. The van der Waals surface area contributed by atoms with Gasteiger partial charge in [0, 0.05) is 7.05 Å². The Balaban J connectivity index is 2.75. The Morgan fingerprint density at radius 2 is 1.82 bits per heavy atom. The standard InChI is InChI=1S/C13H16FNO2/c1-9(16)8-13(17)15(3)10(2)11-4-6-12(14)7-5-11/h4-7,10H,8H2,1-3H3. The predicted molar refractivity (Wildman–Crippen MR) is 62.9 cm³/mol.